The number of thiazole rings is 1. The van der Waals surface area contributed by atoms with Crippen LogP contribution >= 0.6 is 23.1 Å². The highest BCUT2D eigenvalue weighted by Gasteiger charge is 2.11. The van der Waals surface area contributed by atoms with Gasteiger partial charge in [-0.05, 0) is 6.26 Å². The Balaban J connectivity index is 2.74. The van der Waals surface area contributed by atoms with Crippen molar-refractivity contribution in [3.63, 3.8) is 0 Å². The minimum absolute atomic E-state index is 0.123. The standard InChI is InChI=1S/C7H7NO3S2/c1-12-7(11)6-8-4(3-13-6)2-5(9)10/h3H,2H2,1H3,(H,9,10). The van der Waals surface area contributed by atoms with Gasteiger partial charge in [-0.2, -0.15) is 0 Å². The van der Waals surface area contributed by atoms with Crippen molar-refractivity contribution < 1.29 is 14.7 Å². The van der Waals surface area contributed by atoms with Crippen molar-refractivity contribution in [1.82, 2.24) is 4.98 Å². The van der Waals surface area contributed by atoms with Crippen molar-refractivity contribution in [2.24, 2.45) is 0 Å². The zero-order chi connectivity index (χ0) is 9.84. The fourth-order valence-electron chi connectivity index (χ4n) is 0.724. The summed E-state index contributed by atoms with van der Waals surface area (Å²) in [7, 11) is 0. The van der Waals surface area contributed by atoms with Gasteiger partial charge in [0.25, 0.3) is 0 Å². The Morgan fingerprint density at radius 3 is 2.92 bits per heavy atom. The summed E-state index contributed by atoms with van der Waals surface area (Å²) in [5.41, 5.74) is 0.440. The lowest BCUT2D eigenvalue weighted by atomic mass is 10.3. The van der Waals surface area contributed by atoms with E-state index in [9.17, 15) is 9.59 Å². The molecule has 4 nitrogen and oxygen atoms in total. The number of carboxylic acids is 1. The highest BCUT2D eigenvalue weighted by atomic mass is 32.2. The van der Waals surface area contributed by atoms with Gasteiger partial charge in [-0.3, -0.25) is 9.59 Å². The molecule has 0 aliphatic carbocycles. The molecule has 0 saturated heterocycles. The second-order valence-corrected chi connectivity index (χ2v) is 3.84. The Kier molecular flexibility index (Phi) is 3.44. The molecule has 1 aromatic rings. The number of carbonyl (C=O) groups excluding carboxylic acids is 1. The summed E-state index contributed by atoms with van der Waals surface area (Å²) in [6.45, 7) is 0. The Morgan fingerprint density at radius 1 is 1.69 bits per heavy atom. The van der Waals surface area contributed by atoms with Gasteiger partial charge >= 0.3 is 5.97 Å². The molecule has 1 rings (SSSR count). The molecular weight excluding hydrogens is 210 g/mol. The van der Waals surface area contributed by atoms with Gasteiger partial charge in [-0.25, -0.2) is 4.98 Å². The zero-order valence-electron chi connectivity index (χ0n) is 6.81. The van der Waals surface area contributed by atoms with Gasteiger partial charge in [0, 0.05) is 5.38 Å². The maximum Gasteiger partial charge on any atom is 0.309 e. The number of hydrogen-bond acceptors (Lipinski definition) is 5. The largest absolute Gasteiger partial charge is 0.481 e. The fourth-order valence-corrected chi connectivity index (χ4v) is 1.99. The van der Waals surface area contributed by atoms with Crippen molar-refractivity contribution >= 4 is 34.2 Å². The first-order valence-corrected chi connectivity index (χ1v) is 5.48. The molecule has 6 heteroatoms. The molecule has 1 aromatic heterocycles. The fraction of sp³-hybridized carbons (Fsp3) is 0.286. The monoisotopic (exact) mass is 217 g/mol. The molecule has 0 atom stereocenters. The number of aromatic nitrogens is 1. The molecule has 0 spiro atoms. The van der Waals surface area contributed by atoms with Gasteiger partial charge in [0.1, 0.15) is 0 Å². The van der Waals surface area contributed by atoms with Crippen molar-refractivity contribution in [2.75, 3.05) is 6.26 Å². The Hall–Kier alpha value is -0.880. The molecule has 0 fully saturated rings. The third kappa shape index (κ3) is 2.82. The molecule has 0 aliphatic rings. The molecule has 0 radical (unpaired) electrons. The van der Waals surface area contributed by atoms with E-state index in [1.807, 2.05) is 0 Å². The molecule has 0 aromatic carbocycles. The SMILES string of the molecule is CSC(=O)c1nc(CC(=O)O)cs1. The third-order valence-corrected chi connectivity index (χ3v) is 2.83. The highest BCUT2D eigenvalue weighted by molar-refractivity contribution is 8.13. The molecule has 0 saturated carbocycles. The lowest BCUT2D eigenvalue weighted by molar-refractivity contribution is -0.136. The number of nitrogens with zero attached hydrogens (tertiary/aromatic N) is 1. The summed E-state index contributed by atoms with van der Waals surface area (Å²) in [5, 5.41) is 10.3. The van der Waals surface area contributed by atoms with Crippen LogP contribution in [0.2, 0.25) is 0 Å². The van der Waals surface area contributed by atoms with E-state index in [4.69, 9.17) is 5.11 Å². The summed E-state index contributed by atoms with van der Waals surface area (Å²) in [6, 6.07) is 0. The van der Waals surface area contributed by atoms with E-state index in [0.29, 0.717) is 10.7 Å². The molecular formula is C7H7NO3S2. The van der Waals surface area contributed by atoms with Crippen LogP contribution < -0.4 is 0 Å². The molecule has 0 amide bonds. The van der Waals surface area contributed by atoms with Crippen LogP contribution in [0.4, 0.5) is 0 Å². The van der Waals surface area contributed by atoms with Crippen molar-refractivity contribution in [2.45, 2.75) is 6.42 Å². The summed E-state index contributed by atoms with van der Waals surface area (Å²) < 4.78 is 0. The third-order valence-electron chi connectivity index (χ3n) is 1.24. The predicted octanol–water partition coefficient (Wildman–Crippen LogP) is 1.27. The van der Waals surface area contributed by atoms with E-state index in [1.54, 1.807) is 11.6 Å². The number of carbonyl (C=O) groups is 2. The van der Waals surface area contributed by atoms with E-state index in [0.717, 1.165) is 11.8 Å². The topological polar surface area (TPSA) is 67.3 Å². The lowest BCUT2D eigenvalue weighted by Gasteiger charge is -1.88. The smallest absolute Gasteiger partial charge is 0.309 e. The Bertz CT molecular complexity index is 334. The highest BCUT2D eigenvalue weighted by Crippen LogP contribution is 2.15. The summed E-state index contributed by atoms with van der Waals surface area (Å²) in [6.07, 6.45) is 1.54. The van der Waals surface area contributed by atoms with Crippen LogP contribution in [0.1, 0.15) is 15.5 Å². The normalized spacial score (nSPS) is 9.92. The second kappa shape index (κ2) is 4.38. The van der Waals surface area contributed by atoms with Gasteiger partial charge in [0.15, 0.2) is 5.01 Å². The molecule has 0 aliphatic heterocycles. The summed E-state index contributed by atoms with van der Waals surface area (Å²) in [4.78, 5) is 25.3. The van der Waals surface area contributed by atoms with E-state index in [1.165, 1.54) is 11.3 Å². The van der Waals surface area contributed by atoms with Crippen LogP contribution in [0.15, 0.2) is 5.38 Å². The number of carboxylic acid groups (broad SMARTS) is 1. The van der Waals surface area contributed by atoms with Gasteiger partial charge in [0.05, 0.1) is 12.1 Å². The maximum atomic E-state index is 11.1. The molecule has 0 unspecified atom stereocenters. The summed E-state index contributed by atoms with van der Waals surface area (Å²) in [5.74, 6) is -0.937. The average Bonchev–Trinajstić information content (AvgIpc) is 2.50. The quantitative estimate of drug-likeness (QED) is 0.825. The predicted molar refractivity (Wildman–Crippen MR) is 51.3 cm³/mol. The van der Waals surface area contributed by atoms with Crippen LogP contribution in [0.5, 0.6) is 0 Å². The van der Waals surface area contributed by atoms with E-state index >= 15 is 0 Å². The average molecular weight is 217 g/mol. The first kappa shape index (κ1) is 10.2. The second-order valence-electron chi connectivity index (χ2n) is 2.21. The number of rotatable bonds is 3. The van der Waals surface area contributed by atoms with E-state index < -0.39 is 5.97 Å². The van der Waals surface area contributed by atoms with Crippen LogP contribution in [-0.2, 0) is 11.2 Å². The van der Waals surface area contributed by atoms with E-state index in [2.05, 4.69) is 4.98 Å². The van der Waals surface area contributed by atoms with E-state index in [-0.39, 0.29) is 11.5 Å². The molecule has 1 heterocycles. The molecule has 1 N–H and O–H groups in total. The lowest BCUT2D eigenvalue weighted by Crippen LogP contribution is -2.01. The molecule has 0 bridgehead atoms. The Morgan fingerprint density at radius 2 is 2.38 bits per heavy atom. The Labute approximate surface area is 83.0 Å². The first-order chi connectivity index (χ1) is 6.13. The van der Waals surface area contributed by atoms with Crippen molar-refractivity contribution in [3.8, 4) is 0 Å². The number of hydrogen-bond donors (Lipinski definition) is 1. The van der Waals surface area contributed by atoms with Gasteiger partial charge in [0.2, 0.25) is 5.12 Å². The van der Waals surface area contributed by atoms with Crippen molar-refractivity contribution in [3.05, 3.63) is 16.1 Å². The van der Waals surface area contributed by atoms with Crippen LogP contribution in [-0.4, -0.2) is 27.4 Å². The number of aliphatic carboxylic acids is 1. The minimum Gasteiger partial charge on any atom is -0.481 e. The van der Waals surface area contributed by atoms with Gasteiger partial charge in [-0.1, -0.05) is 11.8 Å². The van der Waals surface area contributed by atoms with Gasteiger partial charge in [-0.15, -0.1) is 11.3 Å². The molecule has 70 valence electrons. The number of thioether (sulfide) groups is 1. The van der Waals surface area contributed by atoms with Gasteiger partial charge < -0.3 is 5.11 Å². The van der Waals surface area contributed by atoms with Crippen LogP contribution in [0.25, 0.3) is 0 Å². The summed E-state index contributed by atoms with van der Waals surface area (Å²) >= 11 is 2.25. The first-order valence-electron chi connectivity index (χ1n) is 3.38. The minimum atomic E-state index is -0.937. The molecule has 13 heavy (non-hydrogen) atoms. The zero-order valence-corrected chi connectivity index (χ0v) is 8.44. The maximum absolute atomic E-state index is 11.1. The van der Waals surface area contributed by atoms with Crippen LogP contribution in [0.3, 0.4) is 0 Å². The van der Waals surface area contributed by atoms with Crippen molar-refractivity contribution in [1.29, 1.82) is 0 Å². The van der Waals surface area contributed by atoms with Crippen LogP contribution in [0, 0.1) is 0 Å².